The van der Waals surface area contributed by atoms with Gasteiger partial charge in [0, 0.05) is 11.6 Å². The molecule has 0 saturated heterocycles. The second kappa shape index (κ2) is 5.20. The van der Waals surface area contributed by atoms with Gasteiger partial charge in [0.25, 0.3) is 5.91 Å². The van der Waals surface area contributed by atoms with Crippen LogP contribution in [0.4, 0.5) is 15.8 Å². The molecule has 0 fully saturated rings. The number of benzene rings is 2. The first-order chi connectivity index (χ1) is 10.2. The third-order valence-electron chi connectivity index (χ3n) is 3.17. The average Bonchev–Trinajstić information content (AvgIpc) is 2.51. The van der Waals surface area contributed by atoms with Crippen LogP contribution < -0.4 is 11.1 Å². The Hall–Kier alpha value is -2.95. The molecule has 0 bridgehead atoms. The van der Waals surface area contributed by atoms with Crippen molar-refractivity contribution in [2.75, 3.05) is 11.1 Å². The highest BCUT2D eigenvalue weighted by atomic mass is 19.1. The molecule has 0 aliphatic rings. The lowest BCUT2D eigenvalue weighted by atomic mass is 10.1. The van der Waals surface area contributed by atoms with Crippen molar-refractivity contribution in [3.63, 3.8) is 0 Å². The van der Waals surface area contributed by atoms with Gasteiger partial charge in [-0.1, -0.05) is 12.1 Å². The van der Waals surface area contributed by atoms with Gasteiger partial charge in [0.1, 0.15) is 5.82 Å². The number of pyridine rings is 1. The Morgan fingerprint density at radius 2 is 1.90 bits per heavy atom. The minimum atomic E-state index is -0.562. The van der Waals surface area contributed by atoms with E-state index in [0.29, 0.717) is 22.3 Å². The van der Waals surface area contributed by atoms with Crippen LogP contribution in [0.2, 0.25) is 0 Å². The minimum absolute atomic E-state index is 0.00800. The van der Waals surface area contributed by atoms with E-state index in [4.69, 9.17) is 5.73 Å². The van der Waals surface area contributed by atoms with Gasteiger partial charge in [0.15, 0.2) is 0 Å². The Morgan fingerprint density at radius 3 is 2.71 bits per heavy atom. The number of nitrogen functional groups attached to an aromatic ring is 1. The summed E-state index contributed by atoms with van der Waals surface area (Å²) in [6, 6.07) is 12.7. The molecule has 1 amide bonds. The third kappa shape index (κ3) is 2.41. The van der Waals surface area contributed by atoms with E-state index < -0.39 is 11.7 Å². The summed E-state index contributed by atoms with van der Waals surface area (Å²) in [4.78, 5) is 16.3. The molecule has 1 heterocycles. The molecular weight excluding hydrogens is 269 g/mol. The highest BCUT2D eigenvalue weighted by Gasteiger charge is 2.13. The number of aromatic nitrogens is 1. The van der Waals surface area contributed by atoms with Crippen molar-refractivity contribution in [2.24, 2.45) is 0 Å². The lowest BCUT2D eigenvalue weighted by molar-refractivity contribution is 0.102. The number of rotatable bonds is 2. The molecule has 3 N–H and O–H groups in total. The van der Waals surface area contributed by atoms with Gasteiger partial charge in [-0.2, -0.15) is 0 Å². The molecule has 0 saturated carbocycles. The summed E-state index contributed by atoms with van der Waals surface area (Å²) in [6.45, 7) is 0. The van der Waals surface area contributed by atoms with Gasteiger partial charge in [0.05, 0.1) is 22.5 Å². The van der Waals surface area contributed by atoms with Crippen LogP contribution in [0, 0.1) is 5.82 Å². The Balaban J connectivity index is 2.01. The second-order valence-corrected chi connectivity index (χ2v) is 4.54. The van der Waals surface area contributed by atoms with E-state index in [0.717, 1.165) is 0 Å². The van der Waals surface area contributed by atoms with Gasteiger partial charge in [-0.3, -0.25) is 9.78 Å². The van der Waals surface area contributed by atoms with E-state index in [1.807, 2.05) is 0 Å². The molecule has 3 rings (SSSR count). The van der Waals surface area contributed by atoms with E-state index in [1.54, 1.807) is 36.5 Å². The summed E-state index contributed by atoms with van der Waals surface area (Å²) >= 11 is 0. The van der Waals surface area contributed by atoms with E-state index in [2.05, 4.69) is 10.3 Å². The maximum atomic E-state index is 13.6. The highest BCUT2D eigenvalue weighted by molar-refractivity contribution is 6.10. The summed E-state index contributed by atoms with van der Waals surface area (Å²) in [7, 11) is 0. The van der Waals surface area contributed by atoms with Gasteiger partial charge < -0.3 is 11.1 Å². The smallest absolute Gasteiger partial charge is 0.258 e. The molecule has 21 heavy (non-hydrogen) atoms. The van der Waals surface area contributed by atoms with Crippen LogP contribution >= 0.6 is 0 Å². The first kappa shape index (κ1) is 13.1. The van der Waals surface area contributed by atoms with Crippen LogP contribution in [0.5, 0.6) is 0 Å². The maximum absolute atomic E-state index is 13.6. The highest BCUT2D eigenvalue weighted by Crippen LogP contribution is 2.26. The summed E-state index contributed by atoms with van der Waals surface area (Å²) in [5, 5.41) is 3.41. The van der Waals surface area contributed by atoms with Crippen molar-refractivity contribution >= 4 is 28.2 Å². The number of carbonyl (C=O) groups is 1. The molecular formula is C16H12FN3O. The predicted octanol–water partition coefficient (Wildman–Crippen LogP) is 3.21. The molecule has 0 aliphatic heterocycles. The topological polar surface area (TPSA) is 68.0 Å². The number of hydrogen-bond acceptors (Lipinski definition) is 3. The zero-order valence-corrected chi connectivity index (χ0v) is 11.0. The van der Waals surface area contributed by atoms with Crippen molar-refractivity contribution in [1.82, 2.24) is 4.98 Å². The fraction of sp³-hybridized carbons (Fsp3) is 0. The lowest BCUT2D eigenvalue weighted by Gasteiger charge is -2.10. The molecule has 0 spiro atoms. The van der Waals surface area contributed by atoms with E-state index in [9.17, 15) is 9.18 Å². The Kier molecular flexibility index (Phi) is 3.23. The number of anilines is 2. The first-order valence-corrected chi connectivity index (χ1v) is 6.36. The number of nitrogens with zero attached hydrogens (tertiary/aromatic N) is 1. The fourth-order valence-corrected chi connectivity index (χ4v) is 2.14. The summed E-state index contributed by atoms with van der Waals surface area (Å²) in [5.74, 6) is -1.07. The van der Waals surface area contributed by atoms with E-state index >= 15 is 0 Å². The van der Waals surface area contributed by atoms with Crippen LogP contribution in [0.25, 0.3) is 10.9 Å². The number of amides is 1. The van der Waals surface area contributed by atoms with Crippen LogP contribution in [-0.2, 0) is 0 Å². The van der Waals surface area contributed by atoms with Gasteiger partial charge >= 0.3 is 0 Å². The maximum Gasteiger partial charge on any atom is 0.258 e. The number of halogens is 1. The standard InChI is InChI=1S/C16H12FN3O/c17-12-6-2-1-4-10(12)16(21)20-14-8-7-13(18)15-11(14)5-3-9-19-15/h1-9H,18H2,(H,20,21). The quantitative estimate of drug-likeness (QED) is 0.709. The molecule has 5 heteroatoms. The summed E-state index contributed by atoms with van der Waals surface area (Å²) in [5.41, 5.74) is 7.51. The van der Waals surface area contributed by atoms with Gasteiger partial charge in [-0.05, 0) is 36.4 Å². The van der Waals surface area contributed by atoms with E-state index in [-0.39, 0.29) is 5.56 Å². The van der Waals surface area contributed by atoms with Crippen LogP contribution in [0.3, 0.4) is 0 Å². The SMILES string of the molecule is Nc1ccc(NC(=O)c2ccccc2F)c2cccnc12. The van der Waals surface area contributed by atoms with Gasteiger partial charge in [-0.25, -0.2) is 4.39 Å². The average molecular weight is 281 g/mol. The molecule has 0 atom stereocenters. The lowest BCUT2D eigenvalue weighted by Crippen LogP contribution is -2.14. The number of hydrogen-bond donors (Lipinski definition) is 2. The van der Waals surface area contributed by atoms with E-state index in [1.165, 1.54) is 18.2 Å². The van der Waals surface area contributed by atoms with Crippen LogP contribution in [-0.4, -0.2) is 10.9 Å². The second-order valence-electron chi connectivity index (χ2n) is 4.54. The van der Waals surface area contributed by atoms with Crippen molar-refractivity contribution in [3.05, 3.63) is 66.1 Å². The Bertz CT molecular complexity index is 833. The van der Waals surface area contributed by atoms with Crippen LogP contribution in [0.1, 0.15) is 10.4 Å². The largest absolute Gasteiger partial charge is 0.397 e. The Morgan fingerprint density at radius 1 is 1.10 bits per heavy atom. The fourth-order valence-electron chi connectivity index (χ4n) is 2.14. The molecule has 0 radical (unpaired) electrons. The van der Waals surface area contributed by atoms with Crippen LogP contribution in [0.15, 0.2) is 54.7 Å². The Labute approximate surface area is 120 Å². The van der Waals surface area contributed by atoms with Crippen molar-refractivity contribution in [1.29, 1.82) is 0 Å². The summed E-state index contributed by atoms with van der Waals surface area (Å²) < 4.78 is 13.6. The predicted molar refractivity (Wildman–Crippen MR) is 80.5 cm³/mol. The molecule has 4 nitrogen and oxygen atoms in total. The molecule has 2 aromatic carbocycles. The molecule has 0 unspecified atom stereocenters. The van der Waals surface area contributed by atoms with Crippen molar-refractivity contribution in [3.8, 4) is 0 Å². The third-order valence-corrected chi connectivity index (χ3v) is 3.17. The normalized spacial score (nSPS) is 10.5. The number of carbonyl (C=O) groups excluding carboxylic acids is 1. The molecule has 3 aromatic rings. The number of fused-ring (bicyclic) bond motifs is 1. The molecule has 104 valence electrons. The molecule has 1 aromatic heterocycles. The molecule has 0 aliphatic carbocycles. The van der Waals surface area contributed by atoms with Crippen molar-refractivity contribution in [2.45, 2.75) is 0 Å². The van der Waals surface area contributed by atoms with Crippen molar-refractivity contribution < 1.29 is 9.18 Å². The zero-order valence-electron chi connectivity index (χ0n) is 11.0. The summed E-state index contributed by atoms with van der Waals surface area (Å²) in [6.07, 6.45) is 1.63. The first-order valence-electron chi connectivity index (χ1n) is 6.36. The zero-order chi connectivity index (χ0) is 14.8. The monoisotopic (exact) mass is 281 g/mol. The number of nitrogens with two attached hydrogens (primary N) is 1. The van der Waals surface area contributed by atoms with Gasteiger partial charge in [0.2, 0.25) is 0 Å². The van der Waals surface area contributed by atoms with Gasteiger partial charge in [-0.15, -0.1) is 0 Å². The number of nitrogens with one attached hydrogen (secondary N) is 1. The minimum Gasteiger partial charge on any atom is -0.397 e.